The molecule has 1 aliphatic heterocycles. The molecule has 1 saturated heterocycles. The SMILES string of the molecule is CC(C)CNC(=O)CN1C(=O)NC(C)(c2ccccc2Cl)C1=O. The Morgan fingerprint density at radius 3 is 2.61 bits per heavy atom. The number of imide groups is 1. The fourth-order valence-electron chi connectivity index (χ4n) is 2.41. The average Bonchev–Trinajstić information content (AvgIpc) is 2.70. The van der Waals surface area contributed by atoms with Crippen molar-refractivity contribution in [2.45, 2.75) is 26.3 Å². The number of hydrogen-bond donors (Lipinski definition) is 2. The number of carbonyl (C=O) groups is 3. The van der Waals surface area contributed by atoms with Crippen molar-refractivity contribution in [1.29, 1.82) is 0 Å². The first-order valence-electron chi connectivity index (χ1n) is 7.41. The lowest BCUT2D eigenvalue weighted by Gasteiger charge is -2.23. The number of hydrogen-bond acceptors (Lipinski definition) is 3. The molecule has 1 heterocycles. The monoisotopic (exact) mass is 337 g/mol. The Kier molecular flexibility index (Phi) is 4.94. The highest BCUT2D eigenvalue weighted by Gasteiger charge is 2.50. The van der Waals surface area contributed by atoms with Gasteiger partial charge in [0, 0.05) is 17.1 Å². The summed E-state index contributed by atoms with van der Waals surface area (Å²) in [6, 6.07) is 6.22. The first kappa shape index (κ1) is 17.3. The van der Waals surface area contributed by atoms with Gasteiger partial charge in [0.2, 0.25) is 5.91 Å². The Morgan fingerprint density at radius 1 is 1.35 bits per heavy atom. The molecule has 0 aromatic heterocycles. The molecule has 1 aromatic carbocycles. The maximum absolute atomic E-state index is 12.7. The van der Waals surface area contributed by atoms with Gasteiger partial charge in [-0.2, -0.15) is 0 Å². The zero-order valence-electron chi connectivity index (χ0n) is 13.4. The summed E-state index contributed by atoms with van der Waals surface area (Å²) in [5.74, 6) is -0.573. The molecule has 4 amide bonds. The van der Waals surface area contributed by atoms with E-state index in [1.807, 2.05) is 13.8 Å². The van der Waals surface area contributed by atoms with Gasteiger partial charge in [-0.15, -0.1) is 0 Å². The molecule has 1 atom stereocenters. The zero-order valence-corrected chi connectivity index (χ0v) is 14.1. The number of rotatable bonds is 5. The topological polar surface area (TPSA) is 78.5 Å². The van der Waals surface area contributed by atoms with E-state index in [-0.39, 0.29) is 18.4 Å². The first-order chi connectivity index (χ1) is 10.8. The minimum atomic E-state index is -1.27. The number of amides is 4. The van der Waals surface area contributed by atoms with Crippen molar-refractivity contribution in [1.82, 2.24) is 15.5 Å². The van der Waals surface area contributed by atoms with Crippen LogP contribution < -0.4 is 10.6 Å². The highest BCUT2D eigenvalue weighted by molar-refractivity contribution is 6.32. The van der Waals surface area contributed by atoms with Crippen LogP contribution in [0.3, 0.4) is 0 Å². The number of urea groups is 1. The second-order valence-electron chi connectivity index (χ2n) is 6.12. The van der Waals surface area contributed by atoms with Crippen LogP contribution in [0.2, 0.25) is 5.02 Å². The normalized spacial score (nSPS) is 20.8. The third kappa shape index (κ3) is 3.47. The largest absolute Gasteiger partial charge is 0.354 e. The van der Waals surface area contributed by atoms with Crippen LogP contribution in [0.1, 0.15) is 26.3 Å². The molecule has 0 aliphatic carbocycles. The Balaban J connectivity index is 2.17. The molecule has 1 fully saturated rings. The number of benzene rings is 1. The molecule has 6 nitrogen and oxygen atoms in total. The minimum absolute atomic E-state index is 0.287. The molecule has 0 radical (unpaired) electrons. The molecule has 0 bridgehead atoms. The van der Waals surface area contributed by atoms with E-state index < -0.39 is 17.5 Å². The molecule has 2 rings (SSSR count). The molecule has 1 unspecified atom stereocenters. The Labute approximate surface area is 140 Å². The summed E-state index contributed by atoms with van der Waals surface area (Å²) < 4.78 is 0. The van der Waals surface area contributed by atoms with E-state index in [1.165, 1.54) is 0 Å². The van der Waals surface area contributed by atoms with Crippen LogP contribution in [-0.4, -0.2) is 35.8 Å². The van der Waals surface area contributed by atoms with Crippen LogP contribution in [0.4, 0.5) is 4.79 Å². The van der Waals surface area contributed by atoms with Crippen molar-refractivity contribution in [3.63, 3.8) is 0 Å². The maximum Gasteiger partial charge on any atom is 0.325 e. The van der Waals surface area contributed by atoms with Crippen LogP contribution in [0.25, 0.3) is 0 Å². The highest BCUT2D eigenvalue weighted by atomic mass is 35.5. The Hall–Kier alpha value is -2.08. The highest BCUT2D eigenvalue weighted by Crippen LogP contribution is 2.33. The lowest BCUT2D eigenvalue weighted by Crippen LogP contribution is -2.43. The number of halogens is 1. The van der Waals surface area contributed by atoms with Gasteiger partial charge in [0.05, 0.1) is 0 Å². The van der Waals surface area contributed by atoms with Gasteiger partial charge < -0.3 is 10.6 Å². The molecule has 2 N–H and O–H groups in total. The van der Waals surface area contributed by atoms with Crippen molar-refractivity contribution in [2.24, 2.45) is 5.92 Å². The summed E-state index contributed by atoms with van der Waals surface area (Å²) in [7, 11) is 0. The summed E-state index contributed by atoms with van der Waals surface area (Å²) in [6.07, 6.45) is 0. The van der Waals surface area contributed by atoms with E-state index in [0.717, 1.165) is 4.90 Å². The fourth-order valence-corrected chi connectivity index (χ4v) is 2.73. The van der Waals surface area contributed by atoms with Gasteiger partial charge in [-0.3, -0.25) is 14.5 Å². The summed E-state index contributed by atoms with van der Waals surface area (Å²) in [4.78, 5) is 37.6. The Morgan fingerprint density at radius 2 is 2.00 bits per heavy atom. The van der Waals surface area contributed by atoms with Crippen molar-refractivity contribution < 1.29 is 14.4 Å². The second kappa shape index (κ2) is 6.58. The van der Waals surface area contributed by atoms with E-state index in [2.05, 4.69) is 10.6 Å². The van der Waals surface area contributed by atoms with Crippen molar-refractivity contribution in [3.05, 3.63) is 34.9 Å². The van der Waals surface area contributed by atoms with Crippen LogP contribution in [0, 0.1) is 5.92 Å². The predicted molar refractivity (Wildman–Crippen MR) is 86.9 cm³/mol. The van der Waals surface area contributed by atoms with Gasteiger partial charge in [-0.05, 0) is 18.9 Å². The summed E-state index contributed by atoms with van der Waals surface area (Å²) in [5.41, 5.74) is -0.765. The van der Waals surface area contributed by atoms with E-state index in [9.17, 15) is 14.4 Å². The molecule has 0 saturated carbocycles. The lowest BCUT2D eigenvalue weighted by molar-refractivity contribution is -0.134. The molecule has 7 heteroatoms. The molecule has 1 aliphatic rings. The summed E-state index contributed by atoms with van der Waals surface area (Å²) in [6.45, 7) is 5.69. The van der Waals surface area contributed by atoms with Gasteiger partial charge in [0.15, 0.2) is 0 Å². The van der Waals surface area contributed by atoms with Crippen LogP contribution in [-0.2, 0) is 15.1 Å². The zero-order chi connectivity index (χ0) is 17.2. The molecule has 124 valence electrons. The standard InChI is InChI=1S/C16H20ClN3O3/c1-10(2)8-18-13(21)9-20-14(22)16(3,19-15(20)23)11-6-4-5-7-12(11)17/h4-7,10H,8-9H2,1-3H3,(H,18,21)(H,19,23). The maximum atomic E-state index is 12.7. The third-order valence-electron chi connectivity index (χ3n) is 3.70. The molecule has 23 heavy (non-hydrogen) atoms. The fraction of sp³-hybridized carbons (Fsp3) is 0.438. The number of carbonyl (C=O) groups excluding carboxylic acids is 3. The van der Waals surface area contributed by atoms with Crippen LogP contribution in [0.15, 0.2) is 24.3 Å². The minimum Gasteiger partial charge on any atom is -0.354 e. The van der Waals surface area contributed by atoms with E-state index >= 15 is 0 Å². The smallest absolute Gasteiger partial charge is 0.325 e. The van der Waals surface area contributed by atoms with E-state index in [1.54, 1.807) is 31.2 Å². The number of nitrogens with zero attached hydrogens (tertiary/aromatic N) is 1. The van der Waals surface area contributed by atoms with Gasteiger partial charge in [-0.25, -0.2) is 4.79 Å². The van der Waals surface area contributed by atoms with Crippen LogP contribution in [0.5, 0.6) is 0 Å². The molecular weight excluding hydrogens is 318 g/mol. The predicted octanol–water partition coefficient (Wildman–Crippen LogP) is 1.88. The van der Waals surface area contributed by atoms with E-state index in [0.29, 0.717) is 17.1 Å². The molecular formula is C16H20ClN3O3. The van der Waals surface area contributed by atoms with Gasteiger partial charge in [0.1, 0.15) is 12.1 Å². The Bertz CT molecular complexity index is 647. The second-order valence-corrected chi connectivity index (χ2v) is 6.53. The average molecular weight is 338 g/mol. The first-order valence-corrected chi connectivity index (χ1v) is 7.79. The lowest BCUT2D eigenvalue weighted by atomic mass is 9.92. The van der Waals surface area contributed by atoms with Crippen LogP contribution >= 0.6 is 11.6 Å². The van der Waals surface area contributed by atoms with Crippen molar-refractivity contribution in [3.8, 4) is 0 Å². The summed E-state index contributed by atoms with van der Waals surface area (Å²) >= 11 is 6.14. The van der Waals surface area contributed by atoms with E-state index in [4.69, 9.17) is 11.6 Å². The molecule has 1 aromatic rings. The molecule has 0 spiro atoms. The van der Waals surface area contributed by atoms with Gasteiger partial charge in [0.25, 0.3) is 5.91 Å². The third-order valence-corrected chi connectivity index (χ3v) is 4.03. The number of nitrogens with one attached hydrogen (secondary N) is 2. The quantitative estimate of drug-likeness (QED) is 0.805. The van der Waals surface area contributed by atoms with Gasteiger partial charge >= 0.3 is 6.03 Å². The van der Waals surface area contributed by atoms with Crippen molar-refractivity contribution >= 4 is 29.4 Å². The van der Waals surface area contributed by atoms with Crippen molar-refractivity contribution in [2.75, 3.05) is 13.1 Å². The van der Waals surface area contributed by atoms with Gasteiger partial charge in [-0.1, -0.05) is 43.6 Å². The summed E-state index contributed by atoms with van der Waals surface area (Å²) in [5, 5.41) is 5.70.